The van der Waals surface area contributed by atoms with Crippen molar-refractivity contribution in [2.45, 2.75) is 12.6 Å². The molecular formula is C15H18N2O4S2. The standard InChI is InChI=1S/C15H18N2O4S2/c1-20-13(18)12(10-23-15-16-7-8-22-15)17-14(19)21-9-11-5-3-2-4-6-11/h2-6,12H,7-10H2,1H3,(H,17,19)/t12-/m1/s1. The lowest BCUT2D eigenvalue weighted by Gasteiger charge is -2.16. The fourth-order valence-corrected chi connectivity index (χ4v) is 3.81. The van der Waals surface area contributed by atoms with Crippen LogP contribution in [0.4, 0.5) is 4.79 Å². The number of aliphatic imine (C=N–C) groups is 1. The predicted molar refractivity (Wildman–Crippen MR) is 92.8 cm³/mol. The van der Waals surface area contributed by atoms with Crippen LogP contribution >= 0.6 is 23.5 Å². The van der Waals surface area contributed by atoms with Crippen molar-refractivity contribution in [1.82, 2.24) is 5.32 Å². The van der Waals surface area contributed by atoms with Crippen LogP contribution in [0, 0.1) is 0 Å². The van der Waals surface area contributed by atoms with Crippen LogP contribution < -0.4 is 5.32 Å². The van der Waals surface area contributed by atoms with Crippen LogP contribution in [0.5, 0.6) is 0 Å². The van der Waals surface area contributed by atoms with Gasteiger partial charge in [0.15, 0.2) is 0 Å². The molecule has 23 heavy (non-hydrogen) atoms. The Morgan fingerprint density at radius 3 is 2.83 bits per heavy atom. The monoisotopic (exact) mass is 354 g/mol. The van der Waals surface area contributed by atoms with E-state index in [0.29, 0.717) is 5.75 Å². The molecule has 0 spiro atoms. The number of esters is 1. The number of benzene rings is 1. The maximum Gasteiger partial charge on any atom is 0.408 e. The Morgan fingerprint density at radius 1 is 1.39 bits per heavy atom. The van der Waals surface area contributed by atoms with Crippen molar-refractivity contribution in [3.63, 3.8) is 0 Å². The number of hydrogen-bond donors (Lipinski definition) is 1. The molecule has 124 valence electrons. The van der Waals surface area contributed by atoms with Gasteiger partial charge in [-0.25, -0.2) is 9.59 Å². The van der Waals surface area contributed by atoms with Crippen molar-refractivity contribution in [3.8, 4) is 0 Å². The molecule has 1 atom stereocenters. The average molecular weight is 354 g/mol. The van der Waals surface area contributed by atoms with E-state index in [-0.39, 0.29) is 6.61 Å². The fourth-order valence-electron chi connectivity index (χ4n) is 1.78. The zero-order valence-corrected chi connectivity index (χ0v) is 14.3. The molecule has 2 rings (SSSR count). The molecule has 0 aliphatic carbocycles. The van der Waals surface area contributed by atoms with Crippen molar-refractivity contribution in [1.29, 1.82) is 0 Å². The summed E-state index contributed by atoms with van der Waals surface area (Å²) in [5, 5.41) is 2.54. The van der Waals surface area contributed by atoms with Crippen molar-refractivity contribution in [3.05, 3.63) is 35.9 Å². The number of amides is 1. The van der Waals surface area contributed by atoms with E-state index in [1.165, 1.54) is 18.9 Å². The molecule has 0 radical (unpaired) electrons. The van der Waals surface area contributed by atoms with E-state index in [4.69, 9.17) is 9.47 Å². The molecule has 1 amide bonds. The summed E-state index contributed by atoms with van der Waals surface area (Å²) in [5.74, 6) is 0.814. The summed E-state index contributed by atoms with van der Waals surface area (Å²) in [6.45, 7) is 0.943. The van der Waals surface area contributed by atoms with Crippen molar-refractivity contribution in [2.24, 2.45) is 4.99 Å². The summed E-state index contributed by atoms with van der Waals surface area (Å²) in [4.78, 5) is 27.9. The fraction of sp³-hybridized carbons (Fsp3) is 0.400. The summed E-state index contributed by atoms with van der Waals surface area (Å²) in [6, 6.07) is 8.57. The second kappa shape index (κ2) is 9.46. The van der Waals surface area contributed by atoms with Gasteiger partial charge in [-0.05, 0) is 5.56 Å². The third-order valence-corrected chi connectivity index (χ3v) is 5.27. The van der Waals surface area contributed by atoms with Gasteiger partial charge in [-0.15, -0.1) is 0 Å². The van der Waals surface area contributed by atoms with E-state index in [0.717, 1.165) is 22.2 Å². The summed E-state index contributed by atoms with van der Waals surface area (Å²) in [6.07, 6.45) is -0.647. The zero-order chi connectivity index (χ0) is 16.5. The van der Waals surface area contributed by atoms with Crippen LogP contribution in [-0.2, 0) is 20.9 Å². The van der Waals surface area contributed by atoms with Crippen LogP contribution in [0.1, 0.15) is 5.56 Å². The molecule has 0 bridgehead atoms. The van der Waals surface area contributed by atoms with E-state index in [1.54, 1.807) is 11.8 Å². The topological polar surface area (TPSA) is 77.0 Å². The maximum atomic E-state index is 11.9. The Hall–Kier alpha value is -1.67. The van der Waals surface area contributed by atoms with Crippen molar-refractivity contribution < 1.29 is 19.1 Å². The molecule has 0 fully saturated rings. The molecule has 1 aromatic carbocycles. The van der Waals surface area contributed by atoms with Gasteiger partial charge < -0.3 is 14.8 Å². The van der Waals surface area contributed by atoms with Gasteiger partial charge in [-0.2, -0.15) is 0 Å². The Labute approximate surface area is 143 Å². The van der Waals surface area contributed by atoms with Gasteiger partial charge in [0, 0.05) is 11.5 Å². The maximum absolute atomic E-state index is 11.9. The lowest BCUT2D eigenvalue weighted by molar-refractivity contribution is -0.142. The molecule has 8 heteroatoms. The van der Waals surface area contributed by atoms with Gasteiger partial charge in [0.25, 0.3) is 0 Å². The van der Waals surface area contributed by atoms with E-state index in [1.807, 2.05) is 30.3 Å². The lowest BCUT2D eigenvalue weighted by Crippen LogP contribution is -2.43. The van der Waals surface area contributed by atoms with Crippen molar-refractivity contribution >= 4 is 40.0 Å². The number of nitrogens with zero attached hydrogens (tertiary/aromatic N) is 1. The number of carbonyl (C=O) groups is 2. The second-order valence-corrected chi connectivity index (χ2v) is 6.94. The largest absolute Gasteiger partial charge is 0.467 e. The Balaban J connectivity index is 1.81. The molecule has 1 N–H and O–H groups in total. The quantitative estimate of drug-likeness (QED) is 0.790. The van der Waals surface area contributed by atoms with Crippen molar-refractivity contribution in [2.75, 3.05) is 25.2 Å². The van der Waals surface area contributed by atoms with Crippen LogP contribution in [-0.4, -0.2) is 47.6 Å². The first kappa shape index (κ1) is 17.7. The first-order valence-corrected chi connectivity index (χ1v) is 9.01. The highest BCUT2D eigenvalue weighted by molar-refractivity contribution is 8.39. The van der Waals surface area contributed by atoms with Crippen LogP contribution in [0.3, 0.4) is 0 Å². The molecule has 0 unspecified atom stereocenters. The van der Waals surface area contributed by atoms with E-state index >= 15 is 0 Å². The number of nitrogens with one attached hydrogen (secondary N) is 1. The molecule has 1 heterocycles. The van der Waals surface area contributed by atoms with E-state index in [2.05, 4.69) is 10.3 Å². The van der Waals surface area contributed by atoms with E-state index < -0.39 is 18.1 Å². The van der Waals surface area contributed by atoms with Gasteiger partial charge in [0.05, 0.1) is 13.7 Å². The predicted octanol–water partition coefficient (Wildman–Crippen LogP) is 2.29. The average Bonchev–Trinajstić information content (AvgIpc) is 3.10. The highest BCUT2D eigenvalue weighted by atomic mass is 32.2. The lowest BCUT2D eigenvalue weighted by atomic mass is 10.2. The minimum atomic E-state index is -0.767. The van der Waals surface area contributed by atoms with Gasteiger partial charge in [0.2, 0.25) is 0 Å². The number of carbonyl (C=O) groups excluding carboxylic acids is 2. The van der Waals surface area contributed by atoms with Crippen LogP contribution in [0.25, 0.3) is 0 Å². The minimum Gasteiger partial charge on any atom is -0.467 e. The molecule has 1 aromatic rings. The molecule has 0 saturated carbocycles. The van der Waals surface area contributed by atoms with Gasteiger partial charge in [-0.3, -0.25) is 4.99 Å². The third-order valence-electron chi connectivity index (χ3n) is 2.92. The highest BCUT2D eigenvalue weighted by Crippen LogP contribution is 2.22. The first-order chi connectivity index (χ1) is 11.2. The van der Waals surface area contributed by atoms with Gasteiger partial charge in [0.1, 0.15) is 17.0 Å². The second-order valence-electron chi connectivity index (χ2n) is 4.59. The van der Waals surface area contributed by atoms with Gasteiger partial charge in [-0.1, -0.05) is 53.9 Å². The summed E-state index contributed by atoms with van der Waals surface area (Å²) in [5.41, 5.74) is 0.878. The molecular weight excluding hydrogens is 336 g/mol. The minimum absolute atomic E-state index is 0.149. The number of hydrogen-bond acceptors (Lipinski definition) is 7. The number of alkyl carbamates (subject to hydrolysis) is 1. The smallest absolute Gasteiger partial charge is 0.408 e. The SMILES string of the molecule is COC(=O)[C@@H](CSC1=NCCS1)NC(=O)OCc1ccccc1. The molecule has 6 nitrogen and oxygen atoms in total. The normalized spacial score (nSPS) is 14.7. The highest BCUT2D eigenvalue weighted by Gasteiger charge is 2.23. The third kappa shape index (κ3) is 6.15. The summed E-state index contributed by atoms with van der Waals surface area (Å²) in [7, 11) is 1.29. The number of thioether (sulfide) groups is 2. The number of rotatable bonds is 6. The Bertz CT molecular complexity index is 566. The Morgan fingerprint density at radius 2 is 2.17 bits per heavy atom. The molecule has 0 aromatic heterocycles. The zero-order valence-electron chi connectivity index (χ0n) is 12.7. The Kier molecular flexibility index (Phi) is 7.28. The molecule has 0 saturated heterocycles. The van der Waals surface area contributed by atoms with Gasteiger partial charge >= 0.3 is 12.1 Å². The van der Waals surface area contributed by atoms with Crippen LogP contribution in [0.2, 0.25) is 0 Å². The number of methoxy groups -OCH3 is 1. The summed E-state index contributed by atoms with van der Waals surface area (Å²) >= 11 is 3.08. The summed E-state index contributed by atoms with van der Waals surface area (Å²) < 4.78 is 10.8. The van der Waals surface area contributed by atoms with Crippen LogP contribution in [0.15, 0.2) is 35.3 Å². The molecule has 1 aliphatic rings. The first-order valence-electron chi connectivity index (χ1n) is 7.04. The molecule has 1 aliphatic heterocycles. The van der Waals surface area contributed by atoms with E-state index in [9.17, 15) is 9.59 Å². The number of ether oxygens (including phenoxy) is 2.